The summed E-state index contributed by atoms with van der Waals surface area (Å²) in [4.78, 5) is 22.0. The molecule has 1 aliphatic heterocycles. The third kappa shape index (κ3) is 4.77. The van der Waals surface area contributed by atoms with Gasteiger partial charge in [-0.15, -0.1) is 0 Å². The van der Waals surface area contributed by atoms with Crippen LogP contribution in [0, 0.1) is 6.92 Å². The fourth-order valence-corrected chi connectivity index (χ4v) is 4.71. The molecule has 4 heterocycles. The predicted molar refractivity (Wildman–Crippen MR) is 134 cm³/mol. The first kappa shape index (κ1) is 23.0. The van der Waals surface area contributed by atoms with E-state index in [1.54, 1.807) is 18.0 Å². The van der Waals surface area contributed by atoms with Crippen LogP contribution >= 0.6 is 0 Å². The van der Waals surface area contributed by atoms with Crippen molar-refractivity contribution in [3.8, 4) is 16.9 Å². The Balaban J connectivity index is 1.27. The predicted octanol–water partition coefficient (Wildman–Crippen LogP) is 2.98. The van der Waals surface area contributed by atoms with Crippen molar-refractivity contribution in [1.82, 2.24) is 34.3 Å². The van der Waals surface area contributed by atoms with Gasteiger partial charge in [-0.05, 0) is 43.2 Å². The van der Waals surface area contributed by atoms with Crippen molar-refractivity contribution in [3.05, 3.63) is 60.2 Å². The number of carbonyl (C=O) groups is 1. The number of amides is 1. The van der Waals surface area contributed by atoms with Crippen molar-refractivity contribution in [1.29, 1.82) is 0 Å². The molecule has 0 atom stereocenters. The Labute approximate surface area is 204 Å². The Hall–Kier alpha value is -3.72. The van der Waals surface area contributed by atoms with E-state index in [1.165, 1.54) is 5.56 Å². The molecule has 4 aromatic rings. The van der Waals surface area contributed by atoms with Gasteiger partial charge in [0.05, 0.1) is 19.0 Å². The van der Waals surface area contributed by atoms with E-state index in [0.717, 1.165) is 59.8 Å². The molecule has 1 saturated heterocycles. The summed E-state index contributed by atoms with van der Waals surface area (Å²) in [6.45, 7) is 9.10. The molecule has 1 amide bonds. The largest absolute Gasteiger partial charge is 0.497 e. The van der Waals surface area contributed by atoms with Crippen molar-refractivity contribution in [3.63, 3.8) is 0 Å². The maximum absolute atomic E-state index is 13.1. The third-order valence-electron chi connectivity index (χ3n) is 6.64. The second-order valence-electron chi connectivity index (χ2n) is 8.89. The number of methoxy groups -OCH3 is 1. The second-order valence-corrected chi connectivity index (χ2v) is 8.89. The molecule has 182 valence electrons. The molecule has 0 N–H and O–H groups in total. The number of ether oxygens (including phenoxy) is 1. The number of pyridine rings is 1. The quantitative estimate of drug-likeness (QED) is 0.411. The minimum absolute atomic E-state index is 0.0736. The summed E-state index contributed by atoms with van der Waals surface area (Å²) in [5.74, 6) is 0.887. The summed E-state index contributed by atoms with van der Waals surface area (Å²) < 4.78 is 8.97. The van der Waals surface area contributed by atoms with Gasteiger partial charge in [-0.25, -0.2) is 9.67 Å². The highest BCUT2D eigenvalue weighted by Gasteiger charge is 2.23. The Morgan fingerprint density at radius 2 is 1.86 bits per heavy atom. The molecule has 0 aliphatic carbocycles. The van der Waals surface area contributed by atoms with Crippen molar-refractivity contribution in [2.24, 2.45) is 0 Å². The van der Waals surface area contributed by atoms with Crippen molar-refractivity contribution in [2.75, 3.05) is 33.3 Å². The van der Waals surface area contributed by atoms with Gasteiger partial charge in [0.25, 0.3) is 0 Å². The second kappa shape index (κ2) is 9.87. The summed E-state index contributed by atoms with van der Waals surface area (Å²) >= 11 is 0. The SMILES string of the molecule is CCn1cc(CN2CCN(C(=O)Cn3nc(C)c4c(-c5ccc(OC)cc5)ccnc43)CC2)cn1. The number of benzene rings is 1. The molecule has 0 bridgehead atoms. The highest BCUT2D eigenvalue weighted by molar-refractivity contribution is 5.95. The molecule has 0 spiro atoms. The maximum atomic E-state index is 13.1. The van der Waals surface area contributed by atoms with Gasteiger partial charge in [-0.2, -0.15) is 10.2 Å². The number of hydrogen-bond acceptors (Lipinski definition) is 6. The molecule has 0 radical (unpaired) electrons. The van der Waals surface area contributed by atoms with Crippen LogP contribution in [0.25, 0.3) is 22.2 Å². The summed E-state index contributed by atoms with van der Waals surface area (Å²) in [5, 5.41) is 10.0. The lowest BCUT2D eigenvalue weighted by molar-refractivity contribution is -0.133. The number of hydrogen-bond donors (Lipinski definition) is 0. The molecular formula is C26H31N7O2. The zero-order chi connectivity index (χ0) is 24.4. The highest BCUT2D eigenvalue weighted by atomic mass is 16.5. The number of fused-ring (bicyclic) bond motifs is 1. The molecule has 1 aromatic carbocycles. The minimum Gasteiger partial charge on any atom is -0.497 e. The number of nitrogens with zero attached hydrogens (tertiary/aromatic N) is 7. The zero-order valence-electron chi connectivity index (χ0n) is 20.5. The van der Waals surface area contributed by atoms with Gasteiger partial charge in [-0.1, -0.05) is 12.1 Å². The smallest absolute Gasteiger partial charge is 0.244 e. The van der Waals surface area contributed by atoms with Gasteiger partial charge in [0.1, 0.15) is 12.3 Å². The lowest BCUT2D eigenvalue weighted by Crippen LogP contribution is -2.49. The number of rotatable bonds is 7. The average molecular weight is 474 g/mol. The molecule has 0 saturated carbocycles. The molecule has 1 aliphatic rings. The fraction of sp³-hybridized carbons (Fsp3) is 0.385. The van der Waals surface area contributed by atoms with E-state index in [1.807, 2.05) is 53.0 Å². The van der Waals surface area contributed by atoms with Crippen LogP contribution in [0.5, 0.6) is 5.75 Å². The van der Waals surface area contributed by atoms with E-state index in [2.05, 4.69) is 33.2 Å². The van der Waals surface area contributed by atoms with Crippen LogP contribution in [0.3, 0.4) is 0 Å². The van der Waals surface area contributed by atoms with E-state index in [4.69, 9.17) is 4.74 Å². The van der Waals surface area contributed by atoms with E-state index in [-0.39, 0.29) is 12.5 Å². The first-order valence-electron chi connectivity index (χ1n) is 12.0. The van der Waals surface area contributed by atoms with Crippen LogP contribution in [0.4, 0.5) is 0 Å². The zero-order valence-corrected chi connectivity index (χ0v) is 20.5. The van der Waals surface area contributed by atoms with Gasteiger partial charge >= 0.3 is 0 Å². The van der Waals surface area contributed by atoms with Gasteiger partial charge < -0.3 is 9.64 Å². The Morgan fingerprint density at radius 3 is 2.54 bits per heavy atom. The lowest BCUT2D eigenvalue weighted by Gasteiger charge is -2.34. The molecule has 0 unspecified atom stereocenters. The fourth-order valence-electron chi connectivity index (χ4n) is 4.71. The number of piperazine rings is 1. The van der Waals surface area contributed by atoms with E-state index in [0.29, 0.717) is 13.1 Å². The van der Waals surface area contributed by atoms with Crippen LogP contribution < -0.4 is 4.74 Å². The minimum atomic E-state index is 0.0736. The van der Waals surface area contributed by atoms with Crippen molar-refractivity contribution < 1.29 is 9.53 Å². The van der Waals surface area contributed by atoms with Gasteiger partial charge in [0.2, 0.25) is 5.91 Å². The number of aromatic nitrogens is 5. The van der Waals surface area contributed by atoms with Crippen molar-refractivity contribution >= 4 is 16.9 Å². The molecule has 9 nitrogen and oxygen atoms in total. The summed E-state index contributed by atoms with van der Waals surface area (Å²) in [7, 11) is 1.66. The molecule has 1 fully saturated rings. The van der Waals surface area contributed by atoms with E-state index >= 15 is 0 Å². The molecule has 5 rings (SSSR count). The van der Waals surface area contributed by atoms with Crippen LogP contribution in [-0.2, 0) is 24.4 Å². The summed E-state index contributed by atoms with van der Waals surface area (Å²) in [5.41, 5.74) is 4.92. The normalized spacial score (nSPS) is 14.5. The van der Waals surface area contributed by atoms with Crippen LogP contribution in [0.15, 0.2) is 48.9 Å². The van der Waals surface area contributed by atoms with Gasteiger partial charge in [0.15, 0.2) is 5.65 Å². The first-order chi connectivity index (χ1) is 17.1. The van der Waals surface area contributed by atoms with E-state index < -0.39 is 0 Å². The Bertz CT molecular complexity index is 1320. The molecule has 3 aromatic heterocycles. The molecular weight excluding hydrogens is 442 g/mol. The van der Waals surface area contributed by atoms with Gasteiger partial charge in [0, 0.05) is 62.6 Å². The lowest BCUT2D eigenvalue weighted by atomic mass is 10.0. The first-order valence-corrected chi connectivity index (χ1v) is 12.0. The van der Waals surface area contributed by atoms with Crippen LogP contribution in [-0.4, -0.2) is 73.5 Å². The average Bonchev–Trinajstić information content (AvgIpc) is 3.48. The number of carbonyl (C=O) groups excluding carboxylic acids is 1. The Kier molecular flexibility index (Phi) is 6.50. The summed E-state index contributed by atoms with van der Waals surface area (Å²) in [6.07, 6.45) is 5.80. The Morgan fingerprint density at radius 1 is 1.09 bits per heavy atom. The molecule has 35 heavy (non-hydrogen) atoms. The van der Waals surface area contributed by atoms with Gasteiger partial charge in [-0.3, -0.25) is 14.4 Å². The topological polar surface area (TPSA) is 81.3 Å². The van der Waals surface area contributed by atoms with E-state index in [9.17, 15) is 4.79 Å². The summed E-state index contributed by atoms with van der Waals surface area (Å²) in [6, 6.07) is 9.94. The standard InChI is InChI=1S/C26H31N7O2/c1-4-32-17-20(15-28-32)16-30-11-13-31(14-12-30)24(34)18-33-26-25(19(2)29-33)23(9-10-27-26)21-5-7-22(35-3)8-6-21/h5-10,15,17H,4,11-14,16,18H2,1-3H3. The monoisotopic (exact) mass is 473 g/mol. The molecule has 9 heteroatoms. The third-order valence-corrected chi connectivity index (χ3v) is 6.64. The van der Waals surface area contributed by atoms with Crippen LogP contribution in [0.1, 0.15) is 18.2 Å². The highest BCUT2D eigenvalue weighted by Crippen LogP contribution is 2.31. The number of aryl methyl sites for hydroxylation is 2. The van der Waals surface area contributed by atoms with Crippen LogP contribution in [0.2, 0.25) is 0 Å². The maximum Gasteiger partial charge on any atom is 0.244 e. The van der Waals surface area contributed by atoms with Crippen molar-refractivity contribution in [2.45, 2.75) is 33.5 Å².